The number of aryl methyl sites for hydroxylation is 2. The highest BCUT2D eigenvalue weighted by Crippen LogP contribution is 2.10. The zero-order valence-electron chi connectivity index (χ0n) is 11.3. The highest BCUT2D eigenvalue weighted by molar-refractivity contribution is 5.94. The number of rotatable bonds is 3. The summed E-state index contributed by atoms with van der Waals surface area (Å²) < 4.78 is 0. The van der Waals surface area contributed by atoms with Gasteiger partial charge in [0.1, 0.15) is 0 Å². The second-order valence-corrected chi connectivity index (χ2v) is 5.74. The van der Waals surface area contributed by atoms with E-state index < -0.39 is 0 Å². The summed E-state index contributed by atoms with van der Waals surface area (Å²) in [7, 11) is 0. The smallest absolute Gasteiger partial charge is 0.265 e. The molecule has 94 valence electrons. The first kappa shape index (κ1) is 13.7. The summed E-state index contributed by atoms with van der Waals surface area (Å²) in [6.45, 7) is 11.1. The maximum absolute atomic E-state index is 11.9. The van der Waals surface area contributed by atoms with E-state index in [1.54, 1.807) is 0 Å². The molecule has 1 aromatic carbocycles. The lowest BCUT2D eigenvalue weighted by atomic mass is 9.97. The molecule has 0 atom stereocenters. The van der Waals surface area contributed by atoms with E-state index in [4.69, 9.17) is 0 Å². The molecule has 0 spiro atoms. The van der Waals surface area contributed by atoms with E-state index in [0.29, 0.717) is 5.56 Å². The molecule has 0 saturated carbocycles. The third-order valence-corrected chi connectivity index (χ3v) is 2.30. The fraction of sp³-hybridized carbons (Fsp3) is 0.500. The molecule has 0 aromatic heterocycles. The lowest BCUT2D eigenvalue weighted by molar-refractivity contribution is 0.0927. The Morgan fingerprint density at radius 3 is 2.12 bits per heavy atom. The lowest BCUT2D eigenvalue weighted by Crippen LogP contribution is -2.41. The molecule has 2 N–H and O–H groups in total. The molecule has 1 rings (SSSR count). The highest BCUT2D eigenvalue weighted by atomic mass is 16.2. The Hall–Kier alpha value is -1.35. The predicted molar refractivity (Wildman–Crippen MR) is 70.8 cm³/mol. The average Bonchev–Trinajstić information content (AvgIpc) is 2.13. The van der Waals surface area contributed by atoms with Gasteiger partial charge in [0.15, 0.2) is 0 Å². The van der Waals surface area contributed by atoms with Gasteiger partial charge in [-0.2, -0.15) is 0 Å². The Labute approximate surface area is 104 Å². The van der Waals surface area contributed by atoms with Crippen LogP contribution in [0.25, 0.3) is 0 Å². The van der Waals surface area contributed by atoms with E-state index in [1.165, 1.54) is 0 Å². The quantitative estimate of drug-likeness (QED) is 0.789. The number of hydrogen-bond acceptors (Lipinski definition) is 2. The van der Waals surface area contributed by atoms with E-state index in [-0.39, 0.29) is 11.3 Å². The molecule has 0 unspecified atom stereocenters. The monoisotopic (exact) mass is 234 g/mol. The number of hydrazine groups is 1. The first-order valence-electron chi connectivity index (χ1n) is 5.89. The van der Waals surface area contributed by atoms with Crippen molar-refractivity contribution in [2.75, 3.05) is 6.54 Å². The van der Waals surface area contributed by atoms with Crippen LogP contribution in [0, 0.1) is 19.3 Å². The van der Waals surface area contributed by atoms with Crippen LogP contribution in [-0.4, -0.2) is 12.5 Å². The standard InChI is InChI=1S/C14H22N2O/c1-10-6-11(2)8-12(7-10)13(17)16-15-9-14(3,4)5/h6-8,15H,9H2,1-5H3,(H,16,17). The summed E-state index contributed by atoms with van der Waals surface area (Å²) in [5, 5.41) is 0. The van der Waals surface area contributed by atoms with Crippen molar-refractivity contribution >= 4 is 5.91 Å². The van der Waals surface area contributed by atoms with E-state index in [2.05, 4.69) is 37.7 Å². The fourth-order valence-electron chi connectivity index (χ4n) is 1.57. The molecule has 0 bridgehead atoms. The van der Waals surface area contributed by atoms with Gasteiger partial charge in [-0.05, 0) is 31.4 Å². The Bertz CT molecular complexity index is 385. The van der Waals surface area contributed by atoms with E-state index in [9.17, 15) is 4.79 Å². The molecule has 0 heterocycles. The maximum atomic E-state index is 11.9. The topological polar surface area (TPSA) is 41.1 Å². The molecule has 0 fully saturated rings. The van der Waals surface area contributed by atoms with Crippen LogP contribution >= 0.6 is 0 Å². The Kier molecular flexibility index (Phi) is 4.29. The van der Waals surface area contributed by atoms with Gasteiger partial charge in [0.2, 0.25) is 0 Å². The minimum Gasteiger partial charge on any atom is -0.287 e. The molecule has 0 saturated heterocycles. The van der Waals surface area contributed by atoms with Crippen LogP contribution in [0.2, 0.25) is 0 Å². The van der Waals surface area contributed by atoms with Crippen LogP contribution in [-0.2, 0) is 0 Å². The molecule has 17 heavy (non-hydrogen) atoms. The molecule has 1 aromatic rings. The lowest BCUT2D eigenvalue weighted by Gasteiger charge is -2.19. The Morgan fingerprint density at radius 2 is 1.65 bits per heavy atom. The van der Waals surface area contributed by atoms with Crippen LogP contribution in [0.3, 0.4) is 0 Å². The highest BCUT2D eigenvalue weighted by Gasteiger charge is 2.11. The predicted octanol–water partition coefficient (Wildman–Crippen LogP) is 2.58. The summed E-state index contributed by atoms with van der Waals surface area (Å²) in [5.41, 5.74) is 8.74. The van der Waals surface area contributed by atoms with Gasteiger partial charge in [-0.25, -0.2) is 5.43 Å². The molecule has 3 heteroatoms. The molecular formula is C14H22N2O. The summed E-state index contributed by atoms with van der Waals surface area (Å²) in [4.78, 5) is 11.9. The number of benzene rings is 1. The third kappa shape index (κ3) is 5.00. The fourth-order valence-corrected chi connectivity index (χ4v) is 1.57. The van der Waals surface area contributed by atoms with Crippen molar-refractivity contribution in [2.45, 2.75) is 34.6 Å². The van der Waals surface area contributed by atoms with Crippen LogP contribution < -0.4 is 10.9 Å². The Morgan fingerprint density at radius 1 is 1.12 bits per heavy atom. The minimum absolute atomic E-state index is 0.0824. The van der Waals surface area contributed by atoms with Gasteiger partial charge >= 0.3 is 0 Å². The zero-order chi connectivity index (χ0) is 13.1. The van der Waals surface area contributed by atoms with Crippen molar-refractivity contribution in [1.82, 2.24) is 10.9 Å². The molecule has 1 amide bonds. The first-order valence-corrected chi connectivity index (χ1v) is 5.89. The summed E-state index contributed by atoms with van der Waals surface area (Å²) in [5.74, 6) is -0.0824. The van der Waals surface area contributed by atoms with Gasteiger partial charge in [-0.3, -0.25) is 10.2 Å². The largest absolute Gasteiger partial charge is 0.287 e. The number of carbonyl (C=O) groups is 1. The number of carbonyl (C=O) groups excluding carboxylic acids is 1. The van der Waals surface area contributed by atoms with E-state index in [0.717, 1.165) is 17.7 Å². The van der Waals surface area contributed by atoms with Crippen LogP contribution in [0.1, 0.15) is 42.3 Å². The Balaban J connectivity index is 2.58. The average molecular weight is 234 g/mol. The molecular weight excluding hydrogens is 212 g/mol. The van der Waals surface area contributed by atoms with Crippen molar-refractivity contribution in [1.29, 1.82) is 0 Å². The van der Waals surface area contributed by atoms with Gasteiger partial charge in [0.05, 0.1) is 0 Å². The van der Waals surface area contributed by atoms with Gasteiger partial charge in [-0.1, -0.05) is 38.0 Å². The van der Waals surface area contributed by atoms with Crippen molar-refractivity contribution in [3.63, 3.8) is 0 Å². The van der Waals surface area contributed by atoms with Crippen molar-refractivity contribution in [2.24, 2.45) is 5.41 Å². The number of amides is 1. The second kappa shape index (κ2) is 5.32. The van der Waals surface area contributed by atoms with Gasteiger partial charge in [0, 0.05) is 12.1 Å². The number of hydrogen-bond donors (Lipinski definition) is 2. The van der Waals surface area contributed by atoms with E-state index in [1.807, 2.05) is 26.0 Å². The minimum atomic E-state index is -0.0824. The SMILES string of the molecule is Cc1cc(C)cc(C(=O)NNCC(C)(C)C)c1. The summed E-state index contributed by atoms with van der Waals surface area (Å²) in [6.07, 6.45) is 0. The van der Waals surface area contributed by atoms with Crippen molar-refractivity contribution in [3.8, 4) is 0 Å². The summed E-state index contributed by atoms with van der Waals surface area (Å²) >= 11 is 0. The van der Waals surface area contributed by atoms with E-state index >= 15 is 0 Å². The molecule has 3 nitrogen and oxygen atoms in total. The molecule has 0 radical (unpaired) electrons. The van der Waals surface area contributed by atoms with Crippen molar-refractivity contribution < 1.29 is 4.79 Å². The normalized spacial score (nSPS) is 11.4. The van der Waals surface area contributed by atoms with Gasteiger partial charge in [-0.15, -0.1) is 0 Å². The molecule has 0 aliphatic carbocycles. The second-order valence-electron chi connectivity index (χ2n) is 5.74. The number of nitrogens with one attached hydrogen (secondary N) is 2. The van der Waals surface area contributed by atoms with Crippen LogP contribution in [0.5, 0.6) is 0 Å². The van der Waals surface area contributed by atoms with Crippen LogP contribution in [0.4, 0.5) is 0 Å². The molecule has 0 aliphatic heterocycles. The van der Waals surface area contributed by atoms with Crippen LogP contribution in [0.15, 0.2) is 18.2 Å². The van der Waals surface area contributed by atoms with Gasteiger partial charge in [0.25, 0.3) is 5.91 Å². The summed E-state index contributed by atoms with van der Waals surface area (Å²) in [6, 6.07) is 5.83. The van der Waals surface area contributed by atoms with Gasteiger partial charge < -0.3 is 0 Å². The first-order chi connectivity index (χ1) is 7.78. The maximum Gasteiger partial charge on any atom is 0.265 e. The molecule has 0 aliphatic rings. The zero-order valence-corrected chi connectivity index (χ0v) is 11.3. The van der Waals surface area contributed by atoms with Crippen molar-refractivity contribution in [3.05, 3.63) is 34.9 Å². The third-order valence-electron chi connectivity index (χ3n) is 2.30.